The minimum absolute atomic E-state index is 0.843. The molecule has 0 amide bonds. The average molecular weight is 165 g/mol. The van der Waals surface area contributed by atoms with Crippen LogP contribution in [-0.2, 0) is 0 Å². The van der Waals surface area contributed by atoms with Crippen LogP contribution in [-0.4, -0.2) is 7.11 Å². The van der Waals surface area contributed by atoms with Crippen LogP contribution in [0.2, 0.25) is 0 Å². The molecule has 0 fully saturated rings. The van der Waals surface area contributed by atoms with Crippen molar-refractivity contribution in [2.75, 3.05) is 7.11 Å². The molecule has 65 valence electrons. The van der Waals surface area contributed by atoms with E-state index in [1.807, 2.05) is 38.1 Å². The standard InChI is InChI=1S/C10H13O2/c1-8(2)12-10-6-4-9(11-3)5-7-10/h4-7H,1-3H3. The quantitative estimate of drug-likeness (QED) is 0.685. The lowest BCUT2D eigenvalue weighted by Crippen LogP contribution is -1.95. The van der Waals surface area contributed by atoms with Crippen LogP contribution in [0.25, 0.3) is 0 Å². The summed E-state index contributed by atoms with van der Waals surface area (Å²) in [6.45, 7) is 3.84. The molecule has 0 aliphatic carbocycles. The highest BCUT2D eigenvalue weighted by Crippen LogP contribution is 2.19. The molecule has 1 aromatic rings. The van der Waals surface area contributed by atoms with E-state index in [0.717, 1.165) is 17.6 Å². The Kier molecular flexibility index (Phi) is 2.97. The number of hydrogen-bond acceptors (Lipinski definition) is 2. The topological polar surface area (TPSA) is 18.5 Å². The predicted molar refractivity (Wildman–Crippen MR) is 48.2 cm³/mol. The molecule has 0 bridgehead atoms. The van der Waals surface area contributed by atoms with Crippen molar-refractivity contribution in [3.05, 3.63) is 30.4 Å². The summed E-state index contributed by atoms with van der Waals surface area (Å²) in [5, 5.41) is 0. The number of methoxy groups -OCH3 is 1. The van der Waals surface area contributed by atoms with Gasteiger partial charge in [0.15, 0.2) is 0 Å². The molecule has 12 heavy (non-hydrogen) atoms. The molecule has 0 heterocycles. The average Bonchev–Trinajstić information content (AvgIpc) is 2.05. The van der Waals surface area contributed by atoms with E-state index in [-0.39, 0.29) is 0 Å². The van der Waals surface area contributed by atoms with Crippen LogP contribution in [0, 0.1) is 6.10 Å². The Labute approximate surface area is 73.1 Å². The van der Waals surface area contributed by atoms with E-state index in [4.69, 9.17) is 9.47 Å². The van der Waals surface area contributed by atoms with E-state index in [1.54, 1.807) is 7.11 Å². The van der Waals surface area contributed by atoms with Crippen molar-refractivity contribution in [1.29, 1.82) is 0 Å². The summed E-state index contributed by atoms with van der Waals surface area (Å²) in [6, 6.07) is 7.51. The van der Waals surface area contributed by atoms with Gasteiger partial charge in [-0.15, -0.1) is 0 Å². The van der Waals surface area contributed by atoms with Gasteiger partial charge in [-0.1, -0.05) is 0 Å². The van der Waals surface area contributed by atoms with Crippen LogP contribution >= 0.6 is 0 Å². The van der Waals surface area contributed by atoms with Gasteiger partial charge in [-0.05, 0) is 38.1 Å². The summed E-state index contributed by atoms with van der Waals surface area (Å²) in [7, 11) is 1.65. The monoisotopic (exact) mass is 165 g/mol. The maximum atomic E-state index is 5.37. The zero-order valence-corrected chi connectivity index (χ0v) is 7.63. The third-order valence-corrected chi connectivity index (χ3v) is 1.38. The molecule has 0 aromatic heterocycles. The molecule has 1 aromatic carbocycles. The highest BCUT2D eigenvalue weighted by atomic mass is 16.5. The molecule has 0 aliphatic heterocycles. The summed E-state index contributed by atoms with van der Waals surface area (Å²) >= 11 is 0. The number of rotatable bonds is 3. The first-order valence-corrected chi connectivity index (χ1v) is 3.84. The van der Waals surface area contributed by atoms with E-state index in [1.165, 1.54) is 0 Å². The molecular formula is C10H13O2. The van der Waals surface area contributed by atoms with Crippen molar-refractivity contribution in [3.8, 4) is 11.5 Å². The van der Waals surface area contributed by atoms with Gasteiger partial charge in [0.05, 0.1) is 7.11 Å². The molecule has 2 heteroatoms. The maximum Gasteiger partial charge on any atom is 0.142 e. The first-order chi connectivity index (χ1) is 5.72. The van der Waals surface area contributed by atoms with E-state index in [0.29, 0.717) is 0 Å². The number of benzene rings is 1. The first kappa shape index (κ1) is 8.91. The van der Waals surface area contributed by atoms with Crippen molar-refractivity contribution in [3.63, 3.8) is 0 Å². The second kappa shape index (κ2) is 4.00. The number of hydrogen-bond donors (Lipinski definition) is 0. The van der Waals surface area contributed by atoms with Crippen molar-refractivity contribution in [1.82, 2.24) is 0 Å². The van der Waals surface area contributed by atoms with Crippen molar-refractivity contribution in [2.24, 2.45) is 0 Å². The Bertz CT molecular complexity index is 226. The van der Waals surface area contributed by atoms with Gasteiger partial charge in [0, 0.05) is 0 Å². The molecule has 0 saturated heterocycles. The summed E-state index contributed by atoms with van der Waals surface area (Å²) < 4.78 is 10.4. The Morgan fingerprint density at radius 1 is 1.00 bits per heavy atom. The smallest absolute Gasteiger partial charge is 0.142 e. The van der Waals surface area contributed by atoms with Crippen molar-refractivity contribution in [2.45, 2.75) is 13.8 Å². The third kappa shape index (κ3) is 2.46. The Morgan fingerprint density at radius 2 is 1.50 bits per heavy atom. The maximum absolute atomic E-state index is 5.37. The van der Waals surface area contributed by atoms with Crippen LogP contribution in [0.1, 0.15) is 13.8 Å². The molecule has 0 unspecified atom stereocenters. The van der Waals surface area contributed by atoms with E-state index in [2.05, 4.69) is 0 Å². The summed E-state index contributed by atoms with van der Waals surface area (Å²) in [5.41, 5.74) is 0. The molecule has 0 N–H and O–H groups in total. The van der Waals surface area contributed by atoms with Crippen LogP contribution in [0.15, 0.2) is 24.3 Å². The molecular weight excluding hydrogens is 152 g/mol. The van der Waals surface area contributed by atoms with Gasteiger partial charge in [0.2, 0.25) is 0 Å². The fourth-order valence-corrected chi connectivity index (χ4v) is 0.879. The van der Waals surface area contributed by atoms with Gasteiger partial charge >= 0.3 is 0 Å². The highest BCUT2D eigenvalue weighted by molar-refractivity contribution is 5.31. The summed E-state index contributed by atoms with van der Waals surface area (Å²) in [5.74, 6) is 1.69. The van der Waals surface area contributed by atoms with E-state index >= 15 is 0 Å². The molecule has 0 saturated carbocycles. The fourth-order valence-electron chi connectivity index (χ4n) is 0.879. The Balaban J connectivity index is 2.65. The van der Waals surface area contributed by atoms with Crippen LogP contribution in [0.4, 0.5) is 0 Å². The molecule has 2 nitrogen and oxygen atoms in total. The molecule has 1 radical (unpaired) electrons. The van der Waals surface area contributed by atoms with E-state index < -0.39 is 0 Å². The van der Waals surface area contributed by atoms with Crippen molar-refractivity contribution < 1.29 is 9.47 Å². The lowest BCUT2D eigenvalue weighted by atomic mass is 10.3. The largest absolute Gasteiger partial charge is 0.497 e. The predicted octanol–water partition coefficient (Wildman–Crippen LogP) is 2.65. The first-order valence-electron chi connectivity index (χ1n) is 3.84. The van der Waals surface area contributed by atoms with Crippen LogP contribution < -0.4 is 9.47 Å². The van der Waals surface area contributed by atoms with Gasteiger partial charge in [-0.3, -0.25) is 0 Å². The Morgan fingerprint density at radius 3 is 1.92 bits per heavy atom. The highest BCUT2D eigenvalue weighted by Gasteiger charge is 1.97. The van der Waals surface area contributed by atoms with E-state index in [9.17, 15) is 0 Å². The zero-order chi connectivity index (χ0) is 8.97. The minimum atomic E-state index is 0.843. The fraction of sp³-hybridized carbons (Fsp3) is 0.300. The van der Waals surface area contributed by atoms with Crippen molar-refractivity contribution >= 4 is 0 Å². The second-order valence-corrected chi connectivity index (χ2v) is 2.69. The van der Waals surface area contributed by atoms with Gasteiger partial charge in [0.25, 0.3) is 0 Å². The van der Waals surface area contributed by atoms with Crippen LogP contribution in [0.3, 0.4) is 0 Å². The second-order valence-electron chi connectivity index (χ2n) is 2.69. The molecule has 0 aliphatic rings. The van der Waals surface area contributed by atoms with Gasteiger partial charge in [-0.2, -0.15) is 0 Å². The summed E-state index contributed by atoms with van der Waals surface area (Å²) in [6.07, 6.45) is 0.931. The number of ether oxygens (including phenoxy) is 2. The normalized spacial score (nSPS) is 10.0. The van der Waals surface area contributed by atoms with Crippen LogP contribution in [0.5, 0.6) is 11.5 Å². The van der Waals surface area contributed by atoms with Gasteiger partial charge in [0.1, 0.15) is 17.6 Å². The zero-order valence-electron chi connectivity index (χ0n) is 7.63. The van der Waals surface area contributed by atoms with Gasteiger partial charge in [-0.25, -0.2) is 0 Å². The SMILES string of the molecule is COc1ccc(O[C](C)C)cc1. The van der Waals surface area contributed by atoms with Gasteiger partial charge < -0.3 is 9.47 Å². The lowest BCUT2D eigenvalue weighted by molar-refractivity contribution is 0.344. The Hall–Kier alpha value is -1.18. The minimum Gasteiger partial charge on any atom is -0.497 e. The molecule has 1 rings (SSSR count). The summed E-state index contributed by atoms with van der Waals surface area (Å²) in [4.78, 5) is 0. The third-order valence-electron chi connectivity index (χ3n) is 1.38. The lowest BCUT2D eigenvalue weighted by Gasteiger charge is -2.08. The molecule has 0 atom stereocenters. The molecule has 0 spiro atoms.